The molecule has 6 nitrogen and oxygen atoms in total. The van der Waals surface area contributed by atoms with Crippen molar-refractivity contribution in [2.75, 3.05) is 10.7 Å². The molecule has 1 aliphatic rings. The van der Waals surface area contributed by atoms with Gasteiger partial charge in [-0.3, -0.25) is 14.4 Å². The number of aliphatic carboxylic acids is 1. The van der Waals surface area contributed by atoms with Crippen molar-refractivity contribution in [2.45, 2.75) is 23.9 Å². The standard InChI is InChI=1S/C14H12ClF3N2O4S/c15-8-2-1-6(3-7(8)14(16,17)18)20-11(21)4-10(12(20)22)25-5-9(19)13(23)24/h1-3,9-10H,4-5,19H2,(H,23,24). The lowest BCUT2D eigenvalue weighted by atomic mass is 10.2. The van der Waals surface area contributed by atoms with E-state index in [1.54, 1.807) is 0 Å². The minimum absolute atomic E-state index is 0.110. The minimum Gasteiger partial charge on any atom is -0.480 e. The fourth-order valence-corrected chi connectivity index (χ4v) is 3.48. The molecule has 1 aliphatic heterocycles. The summed E-state index contributed by atoms with van der Waals surface area (Å²) in [6.07, 6.45) is -4.98. The van der Waals surface area contributed by atoms with Crippen molar-refractivity contribution in [3.63, 3.8) is 0 Å². The zero-order valence-electron chi connectivity index (χ0n) is 12.4. The molecule has 0 saturated carbocycles. The first-order valence-corrected chi connectivity index (χ1v) is 8.28. The predicted octanol–water partition coefficient (Wildman–Crippen LogP) is 2.14. The number of carbonyl (C=O) groups is 3. The highest BCUT2D eigenvalue weighted by Gasteiger charge is 2.41. The topological polar surface area (TPSA) is 101 Å². The number of halogens is 4. The van der Waals surface area contributed by atoms with Crippen molar-refractivity contribution in [3.8, 4) is 0 Å². The molecule has 0 bridgehead atoms. The molecule has 2 rings (SSSR count). The van der Waals surface area contributed by atoms with Gasteiger partial charge in [-0.25, -0.2) is 4.90 Å². The van der Waals surface area contributed by atoms with Crippen LogP contribution in [-0.2, 0) is 20.6 Å². The second-order valence-electron chi connectivity index (χ2n) is 5.20. The first-order chi connectivity index (χ1) is 11.5. The molecule has 2 amide bonds. The average molecular weight is 397 g/mol. The molecule has 0 radical (unpaired) electrons. The molecule has 1 saturated heterocycles. The van der Waals surface area contributed by atoms with Crippen molar-refractivity contribution in [3.05, 3.63) is 28.8 Å². The van der Waals surface area contributed by atoms with E-state index in [0.717, 1.165) is 23.9 Å². The molecule has 1 heterocycles. The number of benzene rings is 1. The number of hydrogen-bond acceptors (Lipinski definition) is 5. The predicted molar refractivity (Wildman–Crippen MR) is 85.4 cm³/mol. The van der Waals surface area contributed by atoms with Gasteiger partial charge in [-0.1, -0.05) is 11.6 Å². The fraction of sp³-hybridized carbons (Fsp3) is 0.357. The first kappa shape index (κ1) is 19.5. The van der Waals surface area contributed by atoms with Gasteiger partial charge in [-0.2, -0.15) is 13.2 Å². The minimum atomic E-state index is -4.73. The summed E-state index contributed by atoms with van der Waals surface area (Å²) in [7, 11) is 0. The SMILES string of the molecule is NC(CSC1CC(=O)N(c2ccc(Cl)c(C(F)(F)F)c2)C1=O)C(=O)O. The van der Waals surface area contributed by atoms with Gasteiger partial charge in [0.2, 0.25) is 11.8 Å². The maximum atomic E-state index is 12.9. The summed E-state index contributed by atoms with van der Waals surface area (Å²) in [6.45, 7) is 0. The number of nitrogens with two attached hydrogens (primary N) is 1. The largest absolute Gasteiger partial charge is 0.480 e. The number of hydrogen-bond donors (Lipinski definition) is 2. The van der Waals surface area contributed by atoms with E-state index in [9.17, 15) is 27.6 Å². The van der Waals surface area contributed by atoms with E-state index in [-0.39, 0.29) is 17.9 Å². The van der Waals surface area contributed by atoms with Crippen LogP contribution in [0.25, 0.3) is 0 Å². The number of alkyl halides is 3. The van der Waals surface area contributed by atoms with Crippen LogP contribution < -0.4 is 10.6 Å². The van der Waals surface area contributed by atoms with E-state index in [4.69, 9.17) is 22.4 Å². The van der Waals surface area contributed by atoms with Gasteiger partial charge in [0.15, 0.2) is 0 Å². The number of thioether (sulfide) groups is 1. The highest BCUT2D eigenvalue weighted by molar-refractivity contribution is 8.00. The number of anilines is 1. The van der Waals surface area contributed by atoms with Gasteiger partial charge < -0.3 is 10.8 Å². The Bertz CT molecular complexity index is 729. The van der Waals surface area contributed by atoms with Crippen molar-refractivity contribution in [1.82, 2.24) is 0 Å². The Morgan fingerprint density at radius 2 is 2.08 bits per heavy atom. The van der Waals surface area contributed by atoms with Crippen LogP contribution in [0, 0.1) is 0 Å². The third-order valence-corrected chi connectivity index (χ3v) is 5.06. The zero-order chi connectivity index (χ0) is 18.9. The second-order valence-corrected chi connectivity index (χ2v) is 6.84. The van der Waals surface area contributed by atoms with Gasteiger partial charge in [0.05, 0.1) is 21.5 Å². The van der Waals surface area contributed by atoms with Crippen molar-refractivity contribution < 1.29 is 32.7 Å². The maximum absolute atomic E-state index is 12.9. The van der Waals surface area contributed by atoms with E-state index in [1.165, 1.54) is 0 Å². The number of nitrogens with zero attached hydrogens (tertiary/aromatic N) is 1. The van der Waals surface area contributed by atoms with Gasteiger partial charge in [0, 0.05) is 12.2 Å². The Labute approximate surface area is 149 Å². The molecule has 3 N–H and O–H groups in total. The number of rotatable bonds is 5. The molecule has 2 atom stereocenters. The number of carboxylic acid groups (broad SMARTS) is 1. The lowest BCUT2D eigenvalue weighted by molar-refractivity contribution is -0.138. The Morgan fingerprint density at radius 3 is 2.64 bits per heavy atom. The van der Waals surface area contributed by atoms with Crippen LogP contribution in [0.5, 0.6) is 0 Å². The van der Waals surface area contributed by atoms with E-state index < -0.39 is 45.8 Å². The average Bonchev–Trinajstić information content (AvgIpc) is 2.78. The maximum Gasteiger partial charge on any atom is 0.417 e. The summed E-state index contributed by atoms with van der Waals surface area (Å²) in [5.41, 5.74) is 3.94. The highest BCUT2D eigenvalue weighted by atomic mass is 35.5. The van der Waals surface area contributed by atoms with Crippen LogP contribution in [-0.4, -0.2) is 39.9 Å². The molecule has 1 aromatic carbocycles. The Balaban J connectivity index is 2.22. The summed E-state index contributed by atoms with van der Waals surface area (Å²) < 4.78 is 38.8. The third kappa shape index (κ3) is 4.25. The Morgan fingerprint density at radius 1 is 1.44 bits per heavy atom. The van der Waals surface area contributed by atoms with E-state index >= 15 is 0 Å². The molecule has 25 heavy (non-hydrogen) atoms. The van der Waals surface area contributed by atoms with E-state index in [2.05, 4.69) is 0 Å². The van der Waals surface area contributed by atoms with Crippen molar-refractivity contribution in [1.29, 1.82) is 0 Å². The van der Waals surface area contributed by atoms with Gasteiger partial charge in [0.1, 0.15) is 6.04 Å². The summed E-state index contributed by atoms with van der Waals surface area (Å²) >= 11 is 6.40. The van der Waals surface area contributed by atoms with Gasteiger partial charge >= 0.3 is 12.1 Å². The van der Waals surface area contributed by atoms with Crippen molar-refractivity contribution in [2.24, 2.45) is 5.73 Å². The van der Waals surface area contributed by atoms with Gasteiger partial charge in [-0.15, -0.1) is 11.8 Å². The number of imide groups is 1. The second kappa shape index (κ2) is 7.22. The smallest absolute Gasteiger partial charge is 0.417 e. The van der Waals surface area contributed by atoms with E-state index in [1.807, 2.05) is 0 Å². The molecule has 1 aromatic rings. The Hall–Kier alpha value is -1.78. The lowest BCUT2D eigenvalue weighted by Gasteiger charge is -2.18. The van der Waals surface area contributed by atoms with Crippen LogP contribution in [0.1, 0.15) is 12.0 Å². The molecule has 11 heteroatoms. The summed E-state index contributed by atoms with van der Waals surface area (Å²) in [4.78, 5) is 35.7. The van der Waals surface area contributed by atoms with Crippen LogP contribution in [0.15, 0.2) is 18.2 Å². The number of carboxylic acids is 1. The molecule has 136 valence electrons. The number of amides is 2. The highest BCUT2D eigenvalue weighted by Crippen LogP contribution is 2.38. The third-order valence-electron chi connectivity index (χ3n) is 3.41. The molecule has 0 aliphatic carbocycles. The van der Waals surface area contributed by atoms with Crippen LogP contribution in [0.2, 0.25) is 5.02 Å². The molecule has 1 fully saturated rings. The van der Waals surface area contributed by atoms with Crippen LogP contribution in [0.3, 0.4) is 0 Å². The van der Waals surface area contributed by atoms with Gasteiger partial charge in [-0.05, 0) is 18.2 Å². The Kier molecular flexibility index (Phi) is 5.65. The van der Waals surface area contributed by atoms with Crippen LogP contribution in [0.4, 0.5) is 18.9 Å². The summed E-state index contributed by atoms with van der Waals surface area (Å²) in [5, 5.41) is 7.27. The van der Waals surface area contributed by atoms with Crippen molar-refractivity contribution >= 4 is 46.8 Å². The first-order valence-electron chi connectivity index (χ1n) is 6.86. The normalized spacial score (nSPS) is 19.4. The molecule has 0 aromatic heterocycles. The monoisotopic (exact) mass is 396 g/mol. The molecular formula is C14H12ClF3N2O4S. The van der Waals surface area contributed by atoms with E-state index in [0.29, 0.717) is 11.0 Å². The fourth-order valence-electron chi connectivity index (χ4n) is 2.17. The number of carbonyl (C=O) groups excluding carboxylic acids is 2. The zero-order valence-corrected chi connectivity index (χ0v) is 14.0. The van der Waals surface area contributed by atoms with Gasteiger partial charge in [0.25, 0.3) is 0 Å². The lowest BCUT2D eigenvalue weighted by Crippen LogP contribution is -2.35. The molecule has 0 spiro atoms. The summed E-state index contributed by atoms with van der Waals surface area (Å²) in [5.74, 6) is -2.76. The molecule has 2 unspecified atom stereocenters. The quantitative estimate of drug-likeness (QED) is 0.739. The molecular weight excluding hydrogens is 385 g/mol. The van der Waals surface area contributed by atoms with Crippen LogP contribution >= 0.6 is 23.4 Å². The summed E-state index contributed by atoms with van der Waals surface area (Å²) in [6, 6.07) is 1.52.